The summed E-state index contributed by atoms with van der Waals surface area (Å²) in [5.41, 5.74) is -0.680. The maximum Gasteiger partial charge on any atom is 0.324 e. The average Bonchev–Trinajstić information content (AvgIpc) is 3.03. The van der Waals surface area contributed by atoms with Crippen molar-refractivity contribution in [3.63, 3.8) is 0 Å². The van der Waals surface area contributed by atoms with Crippen molar-refractivity contribution >= 4 is 5.97 Å². The Bertz CT molecular complexity index is 348. The minimum Gasteiger partial charge on any atom is -0.480 e. The van der Waals surface area contributed by atoms with Crippen molar-refractivity contribution in [2.45, 2.75) is 43.7 Å². The molecule has 2 aliphatic rings. The van der Waals surface area contributed by atoms with Crippen molar-refractivity contribution in [3.8, 4) is 0 Å². The fourth-order valence-electron chi connectivity index (χ4n) is 3.96. The molecule has 2 rings (SSSR count). The zero-order valence-electron chi connectivity index (χ0n) is 13.1. The van der Waals surface area contributed by atoms with E-state index in [0.29, 0.717) is 6.04 Å². The van der Waals surface area contributed by atoms with E-state index in [1.54, 1.807) is 7.05 Å². The highest BCUT2D eigenvalue weighted by Gasteiger charge is 2.47. The molecule has 2 fully saturated rings. The SMILES string of the molecule is CNC1(C(=O)O)CCCC1CCN1CCC(N(C)C)C1. The lowest BCUT2D eigenvalue weighted by molar-refractivity contribution is -0.146. The van der Waals surface area contributed by atoms with Gasteiger partial charge in [-0.3, -0.25) is 4.79 Å². The molecule has 0 spiro atoms. The molecule has 0 radical (unpaired) electrons. The summed E-state index contributed by atoms with van der Waals surface area (Å²) in [7, 11) is 6.08. The van der Waals surface area contributed by atoms with E-state index < -0.39 is 11.5 Å². The standard InChI is InChI=1S/C15H29N3O2/c1-16-15(14(19)20)8-4-5-12(15)6-9-18-10-7-13(11-18)17(2)3/h12-13,16H,4-11H2,1-3H3,(H,19,20). The number of hydrogen-bond acceptors (Lipinski definition) is 4. The van der Waals surface area contributed by atoms with Crippen LogP contribution in [0.5, 0.6) is 0 Å². The van der Waals surface area contributed by atoms with Crippen LogP contribution in [0.1, 0.15) is 32.1 Å². The van der Waals surface area contributed by atoms with Crippen LogP contribution in [-0.2, 0) is 4.79 Å². The normalized spacial score (nSPS) is 35.0. The van der Waals surface area contributed by atoms with Gasteiger partial charge in [-0.2, -0.15) is 0 Å². The fraction of sp³-hybridized carbons (Fsp3) is 0.933. The Morgan fingerprint density at radius 2 is 2.20 bits per heavy atom. The molecule has 2 N–H and O–H groups in total. The summed E-state index contributed by atoms with van der Waals surface area (Å²) in [4.78, 5) is 16.4. The lowest BCUT2D eigenvalue weighted by Gasteiger charge is -2.32. The maximum atomic E-state index is 11.6. The smallest absolute Gasteiger partial charge is 0.324 e. The van der Waals surface area contributed by atoms with E-state index in [9.17, 15) is 9.90 Å². The van der Waals surface area contributed by atoms with E-state index in [4.69, 9.17) is 0 Å². The molecule has 5 nitrogen and oxygen atoms in total. The molecule has 1 heterocycles. The van der Waals surface area contributed by atoms with Gasteiger partial charge in [0.1, 0.15) is 5.54 Å². The maximum absolute atomic E-state index is 11.6. The number of likely N-dealkylation sites (N-methyl/N-ethyl adjacent to an activating group) is 2. The first-order valence-electron chi connectivity index (χ1n) is 7.80. The highest BCUT2D eigenvalue weighted by Crippen LogP contribution is 2.38. The molecule has 3 unspecified atom stereocenters. The summed E-state index contributed by atoms with van der Waals surface area (Å²) in [5.74, 6) is -0.404. The third-order valence-corrected chi connectivity index (χ3v) is 5.42. The van der Waals surface area contributed by atoms with Crippen LogP contribution in [0, 0.1) is 5.92 Å². The first kappa shape index (κ1) is 15.7. The molecule has 5 heteroatoms. The van der Waals surface area contributed by atoms with Gasteiger partial charge in [0.2, 0.25) is 0 Å². The summed E-state index contributed by atoms with van der Waals surface area (Å²) in [6.45, 7) is 3.31. The molecule has 0 aromatic rings. The quantitative estimate of drug-likeness (QED) is 0.757. The van der Waals surface area contributed by atoms with Gasteiger partial charge in [0.25, 0.3) is 0 Å². The second-order valence-corrected chi connectivity index (χ2v) is 6.61. The molecule has 20 heavy (non-hydrogen) atoms. The minimum absolute atomic E-state index is 0.267. The highest BCUT2D eigenvalue weighted by molar-refractivity contribution is 5.79. The molecule has 1 saturated heterocycles. The summed E-state index contributed by atoms with van der Waals surface area (Å²) in [5, 5.41) is 12.7. The van der Waals surface area contributed by atoms with E-state index in [-0.39, 0.29) is 5.92 Å². The number of aliphatic carboxylic acids is 1. The number of likely N-dealkylation sites (tertiary alicyclic amines) is 1. The predicted octanol–water partition coefficient (Wildman–Crippen LogP) is 0.855. The van der Waals surface area contributed by atoms with Crippen LogP contribution < -0.4 is 5.32 Å². The van der Waals surface area contributed by atoms with E-state index in [1.165, 1.54) is 6.42 Å². The Morgan fingerprint density at radius 3 is 2.75 bits per heavy atom. The fourth-order valence-corrected chi connectivity index (χ4v) is 3.96. The molecule has 0 aromatic carbocycles. The molecular weight excluding hydrogens is 254 g/mol. The van der Waals surface area contributed by atoms with E-state index >= 15 is 0 Å². The van der Waals surface area contributed by atoms with Crippen LogP contribution in [-0.4, -0.2) is 73.2 Å². The molecule has 0 aromatic heterocycles. The van der Waals surface area contributed by atoms with Crippen LogP contribution in [0.15, 0.2) is 0 Å². The Labute approximate surface area is 122 Å². The van der Waals surface area contributed by atoms with Gasteiger partial charge in [0.05, 0.1) is 0 Å². The number of hydrogen-bond donors (Lipinski definition) is 2. The Morgan fingerprint density at radius 1 is 1.45 bits per heavy atom. The van der Waals surface area contributed by atoms with Gasteiger partial charge in [-0.25, -0.2) is 0 Å². The van der Waals surface area contributed by atoms with Gasteiger partial charge in [-0.1, -0.05) is 6.42 Å². The third kappa shape index (κ3) is 3.00. The van der Waals surface area contributed by atoms with Crippen LogP contribution in [0.3, 0.4) is 0 Å². The lowest BCUT2D eigenvalue weighted by atomic mass is 9.84. The van der Waals surface area contributed by atoms with Crippen molar-refractivity contribution in [2.24, 2.45) is 5.92 Å². The number of nitrogens with one attached hydrogen (secondary N) is 1. The van der Waals surface area contributed by atoms with E-state index in [0.717, 1.165) is 45.3 Å². The predicted molar refractivity (Wildman–Crippen MR) is 79.9 cm³/mol. The summed E-state index contributed by atoms with van der Waals surface area (Å²) in [6, 6.07) is 0.659. The molecule has 1 aliphatic heterocycles. The van der Waals surface area contributed by atoms with Crippen molar-refractivity contribution in [1.82, 2.24) is 15.1 Å². The van der Waals surface area contributed by atoms with Gasteiger partial charge in [-0.15, -0.1) is 0 Å². The molecule has 1 saturated carbocycles. The lowest BCUT2D eigenvalue weighted by Crippen LogP contribution is -2.53. The number of nitrogens with zero attached hydrogens (tertiary/aromatic N) is 2. The highest BCUT2D eigenvalue weighted by atomic mass is 16.4. The molecule has 116 valence electrons. The van der Waals surface area contributed by atoms with Crippen LogP contribution in [0.2, 0.25) is 0 Å². The zero-order chi connectivity index (χ0) is 14.8. The third-order valence-electron chi connectivity index (χ3n) is 5.42. The number of carboxylic acid groups (broad SMARTS) is 1. The van der Waals surface area contributed by atoms with Crippen molar-refractivity contribution in [1.29, 1.82) is 0 Å². The van der Waals surface area contributed by atoms with Gasteiger partial charge in [-0.05, 0) is 65.8 Å². The molecule has 3 atom stereocenters. The van der Waals surface area contributed by atoms with Gasteiger partial charge >= 0.3 is 5.97 Å². The largest absolute Gasteiger partial charge is 0.480 e. The molecule has 0 bridgehead atoms. The number of rotatable bonds is 6. The number of carboxylic acids is 1. The number of carbonyl (C=O) groups is 1. The second-order valence-electron chi connectivity index (χ2n) is 6.61. The Kier molecular flexibility index (Phi) is 5.04. The second kappa shape index (κ2) is 6.41. The first-order chi connectivity index (χ1) is 9.49. The van der Waals surface area contributed by atoms with E-state index in [1.807, 2.05) is 0 Å². The zero-order valence-corrected chi connectivity index (χ0v) is 13.1. The Balaban J connectivity index is 1.86. The van der Waals surface area contributed by atoms with Gasteiger partial charge in [0.15, 0.2) is 0 Å². The van der Waals surface area contributed by atoms with Crippen molar-refractivity contribution < 1.29 is 9.90 Å². The minimum atomic E-state index is -0.680. The molecule has 1 aliphatic carbocycles. The first-order valence-corrected chi connectivity index (χ1v) is 7.80. The molecule has 0 amide bonds. The van der Waals surface area contributed by atoms with Gasteiger partial charge in [0, 0.05) is 12.6 Å². The topological polar surface area (TPSA) is 55.8 Å². The van der Waals surface area contributed by atoms with Crippen molar-refractivity contribution in [3.05, 3.63) is 0 Å². The van der Waals surface area contributed by atoms with Crippen LogP contribution in [0.25, 0.3) is 0 Å². The monoisotopic (exact) mass is 283 g/mol. The summed E-state index contributed by atoms with van der Waals surface area (Å²) >= 11 is 0. The van der Waals surface area contributed by atoms with Crippen LogP contribution >= 0.6 is 0 Å². The average molecular weight is 283 g/mol. The Hall–Kier alpha value is -0.650. The van der Waals surface area contributed by atoms with Crippen LogP contribution in [0.4, 0.5) is 0 Å². The van der Waals surface area contributed by atoms with Gasteiger partial charge < -0.3 is 20.2 Å². The van der Waals surface area contributed by atoms with E-state index in [2.05, 4.69) is 29.2 Å². The summed E-state index contributed by atoms with van der Waals surface area (Å²) in [6.07, 6.45) is 5.06. The summed E-state index contributed by atoms with van der Waals surface area (Å²) < 4.78 is 0. The van der Waals surface area contributed by atoms with Crippen molar-refractivity contribution in [2.75, 3.05) is 40.8 Å². The molecular formula is C15H29N3O2.